The van der Waals surface area contributed by atoms with Crippen molar-refractivity contribution in [3.05, 3.63) is 36.2 Å². The average molecular weight is 230 g/mol. The van der Waals surface area contributed by atoms with Crippen LogP contribution in [0.2, 0.25) is 0 Å². The van der Waals surface area contributed by atoms with E-state index in [-0.39, 0.29) is 0 Å². The van der Waals surface area contributed by atoms with E-state index in [4.69, 9.17) is 10.5 Å². The molecule has 2 aromatic rings. The standard InChI is InChI=1S/C12H14N4O/c1-8-3-4-10(17-2)9(5-8)16-12-6-11(13)14-7-15-12/h3-7H,1-2H3,(H3,13,14,15,16). The van der Waals surface area contributed by atoms with E-state index >= 15 is 0 Å². The molecule has 88 valence electrons. The largest absolute Gasteiger partial charge is 0.495 e. The van der Waals surface area contributed by atoms with Gasteiger partial charge in [0.15, 0.2) is 0 Å². The molecule has 5 nitrogen and oxygen atoms in total. The summed E-state index contributed by atoms with van der Waals surface area (Å²) in [6.07, 6.45) is 1.42. The summed E-state index contributed by atoms with van der Waals surface area (Å²) in [6.45, 7) is 2.01. The maximum Gasteiger partial charge on any atom is 0.142 e. The van der Waals surface area contributed by atoms with Gasteiger partial charge in [0.05, 0.1) is 12.8 Å². The Kier molecular flexibility index (Phi) is 3.09. The molecule has 0 saturated heterocycles. The molecule has 0 unspecified atom stereocenters. The van der Waals surface area contributed by atoms with Crippen molar-refractivity contribution in [1.82, 2.24) is 9.97 Å². The maximum absolute atomic E-state index is 5.59. The number of nitrogens with zero attached hydrogens (tertiary/aromatic N) is 2. The fraction of sp³-hybridized carbons (Fsp3) is 0.167. The van der Waals surface area contributed by atoms with Gasteiger partial charge < -0.3 is 15.8 Å². The summed E-state index contributed by atoms with van der Waals surface area (Å²) in [6, 6.07) is 7.54. The molecular weight excluding hydrogens is 216 g/mol. The molecule has 0 amide bonds. The second-order valence-corrected chi connectivity index (χ2v) is 3.66. The number of hydrogen-bond donors (Lipinski definition) is 2. The number of ether oxygens (including phenoxy) is 1. The molecule has 0 spiro atoms. The highest BCUT2D eigenvalue weighted by atomic mass is 16.5. The molecule has 1 aromatic carbocycles. The Bertz CT molecular complexity index is 528. The van der Waals surface area contributed by atoms with Crippen LogP contribution < -0.4 is 15.8 Å². The van der Waals surface area contributed by atoms with Gasteiger partial charge in [-0.05, 0) is 24.6 Å². The number of benzene rings is 1. The summed E-state index contributed by atoms with van der Waals surface area (Å²) in [5.74, 6) is 1.82. The van der Waals surface area contributed by atoms with E-state index in [0.717, 1.165) is 17.0 Å². The molecule has 0 aliphatic carbocycles. The van der Waals surface area contributed by atoms with Crippen LogP contribution in [0, 0.1) is 6.92 Å². The summed E-state index contributed by atoms with van der Waals surface area (Å²) in [7, 11) is 1.63. The van der Waals surface area contributed by atoms with E-state index in [2.05, 4.69) is 15.3 Å². The highest BCUT2D eigenvalue weighted by Crippen LogP contribution is 2.27. The van der Waals surface area contributed by atoms with Gasteiger partial charge in [0.25, 0.3) is 0 Å². The Hall–Kier alpha value is -2.30. The lowest BCUT2D eigenvalue weighted by Crippen LogP contribution is -1.99. The monoisotopic (exact) mass is 230 g/mol. The third-order valence-electron chi connectivity index (χ3n) is 2.31. The van der Waals surface area contributed by atoms with Crippen LogP contribution in [0.25, 0.3) is 0 Å². The van der Waals surface area contributed by atoms with Gasteiger partial charge in [-0.15, -0.1) is 0 Å². The second-order valence-electron chi connectivity index (χ2n) is 3.66. The number of aryl methyl sites for hydroxylation is 1. The molecule has 0 radical (unpaired) electrons. The summed E-state index contributed by atoms with van der Waals surface area (Å²) in [5.41, 5.74) is 7.58. The summed E-state index contributed by atoms with van der Waals surface area (Å²) >= 11 is 0. The van der Waals surface area contributed by atoms with E-state index in [1.54, 1.807) is 13.2 Å². The number of methoxy groups -OCH3 is 1. The van der Waals surface area contributed by atoms with Crippen molar-refractivity contribution in [3.63, 3.8) is 0 Å². The molecule has 0 bridgehead atoms. The fourth-order valence-corrected chi connectivity index (χ4v) is 1.50. The smallest absolute Gasteiger partial charge is 0.142 e. The van der Waals surface area contributed by atoms with Crippen LogP contribution in [0.4, 0.5) is 17.3 Å². The van der Waals surface area contributed by atoms with Crippen LogP contribution >= 0.6 is 0 Å². The zero-order chi connectivity index (χ0) is 12.3. The average Bonchev–Trinajstić information content (AvgIpc) is 2.29. The molecule has 2 rings (SSSR count). The maximum atomic E-state index is 5.59. The quantitative estimate of drug-likeness (QED) is 0.844. The summed E-state index contributed by atoms with van der Waals surface area (Å²) < 4.78 is 5.27. The summed E-state index contributed by atoms with van der Waals surface area (Å²) in [5, 5.41) is 3.15. The van der Waals surface area contributed by atoms with Crippen LogP contribution in [0.1, 0.15) is 5.56 Å². The molecule has 0 aliphatic rings. The van der Waals surface area contributed by atoms with Crippen molar-refractivity contribution >= 4 is 17.3 Å². The van der Waals surface area contributed by atoms with Crippen molar-refractivity contribution < 1.29 is 4.74 Å². The molecule has 3 N–H and O–H groups in total. The number of nitrogen functional groups attached to an aromatic ring is 1. The molecular formula is C12H14N4O. The minimum atomic E-state index is 0.425. The lowest BCUT2D eigenvalue weighted by atomic mass is 10.2. The predicted molar refractivity (Wildman–Crippen MR) is 67.5 cm³/mol. The lowest BCUT2D eigenvalue weighted by Gasteiger charge is -2.11. The third-order valence-corrected chi connectivity index (χ3v) is 2.31. The number of nitrogens with two attached hydrogens (primary N) is 1. The van der Waals surface area contributed by atoms with Gasteiger partial charge >= 0.3 is 0 Å². The first-order chi connectivity index (χ1) is 8.19. The number of hydrogen-bond acceptors (Lipinski definition) is 5. The minimum Gasteiger partial charge on any atom is -0.495 e. The van der Waals surface area contributed by atoms with Gasteiger partial charge in [0, 0.05) is 6.07 Å². The third kappa shape index (κ3) is 2.63. The van der Waals surface area contributed by atoms with Crippen LogP contribution in [0.5, 0.6) is 5.75 Å². The molecule has 0 aliphatic heterocycles. The van der Waals surface area contributed by atoms with Gasteiger partial charge in [-0.3, -0.25) is 0 Å². The van der Waals surface area contributed by atoms with Crippen LogP contribution in [-0.2, 0) is 0 Å². The predicted octanol–water partition coefficient (Wildman–Crippen LogP) is 2.12. The van der Waals surface area contributed by atoms with E-state index in [1.165, 1.54) is 6.33 Å². The van der Waals surface area contributed by atoms with Crippen molar-refractivity contribution in [2.45, 2.75) is 6.92 Å². The first-order valence-electron chi connectivity index (χ1n) is 5.18. The van der Waals surface area contributed by atoms with Crippen LogP contribution in [0.15, 0.2) is 30.6 Å². The van der Waals surface area contributed by atoms with Gasteiger partial charge in [-0.25, -0.2) is 9.97 Å². The summed E-state index contributed by atoms with van der Waals surface area (Å²) in [4.78, 5) is 7.92. The minimum absolute atomic E-state index is 0.425. The van der Waals surface area contributed by atoms with Crippen molar-refractivity contribution in [2.75, 3.05) is 18.2 Å². The molecule has 1 aromatic heterocycles. The number of rotatable bonds is 3. The first-order valence-corrected chi connectivity index (χ1v) is 5.18. The Morgan fingerprint density at radius 2 is 2.06 bits per heavy atom. The van der Waals surface area contributed by atoms with Crippen LogP contribution in [-0.4, -0.2) is 17.1 Å². The lowest BCUT2D eigenvalue weighted by molar-refractivity contribution is 0.416. The van der Waals surface area contributed by atoms with Crippen molar-refractivity contribution in [1.29, 1.82) is 0 Å². The fourth-order valence-electron chi connectivity index (χ4n) is 1.50. The highest BCUT2D eigenvalue weighted by molar-refractivity contribution is 5.66. The second kappa shape index (κ2) is 4.69. The van der Waals surface area contributed by atoms with E-state index in [0.29, 0.717) is 11.6 Å². The number of nitrogens with one attached hydrogen (secondary N) is 1. The molecule has 17 heavy (non-hydrogen) atoms. The van der Waals surface area contributed by atoms with Gasteiger partial charge in [0.2, 0.25) is 0 Å². The number of aromatic nitrogens is 2. The first kappa shape index (κ1) is 11.2. The topological polar surface area (TPSA) is 73.1 Å². The Labute approximate surface area is 99.7 Å². The molecule has 0 atom stereocenters. The van der Waals surface area contributed by atoms with Crippen LogP contribution in [0.3, 0.4) is 0 Å². The normalized spacial score (nSPS) is 10.0. The van der Waals surface area contributed by atoms with Gasteiger partial charge in [0.1, 0.15) is 23.7 Å². The molecule has 1 heterocycles. The number of anilines is 3. The van der Waals surface area contributed by atoms with Crippen molar-refractivity contribution in [3.8, 4) is 5.75 Å². The highest BCUT2D eigenvalue weighted by Gasteiger charge is 2.04. The Morgan fingerprint density at radius 3 is 2.76 bits per heavy atom. The SMILES string of the molecule is COc1ccc(C)cc1Nc1cc(N)ncn1. The van der Waals surface area contributed by atoms with E-state index < -0.39 is 0 Å². The molecule has 5 heteroatoms. The van der Waals surface area contributed by atoms with Gasteiger partial charge in [-0.2, -0.15) is 0 Å². The Morgan fingerprint density at radius 1 is 1.24 bits per heavy atom. The van der Waals surface area contributed by atoms with Gasteiger partial charge in [-0.1, -0.05) is 6.07 Å². The van der Waals surface area contributed by atoms with E-state index in [1.807, 2.05) is 25.1 Å². The zero-order valence-corrected chi connectivity index (χ0v) is 9.77. The molecule has 0 saturated carbocycles. The van der Waals surface area contributed by atoms with E-state index in [9.17, 15) is 0 Å². The molecule has 0 fully saturated rings. The Balaban J connectivity index is 2.32. The zero-order valence-electron chi connectivity index (χ0n) is 9.77. The van der Waals surface area contributed by atoms with Crippen molar-refractivity contribution in [2.24, 2.45) is 0 Å².